The quantitative estimate of drug-likeness (QED) is 0.287. The first kappa shape index (κ1) is 24.6. The molecule has 2 aromatic carbocycles. The Bertz CT molecular complexity index is 933. The number of rotatable bonds is 4. The van der Waals surface area contributed by atoms with Gasteiger partial charge in [-0.05, 0) is 24.3 Å². The molecule has 0 aromatic heterocycles. The Hall–Kier alpha value is -2.42. The maximum atomic E-state index is 10.5. The maximum absolute atomic E-state index is 10.5. The van der Waals surface area contributed by atoms with E-state index in [4.69, 9.17) is 9.11 Å². The molecule has 12 nitrogen and oxygen atoms in total. The molecular weight excluding hydrogens is 460 g/mol. The van der Waals surface area contributed by atoms with E-state index < -0.39 is 30.1 Å². The Labute approximate surface area is 163 Å². The molecule has 0 spiro atoms. The van der Waals surface area contributed by atoms with Crippen LogP contribution in [0.15, 0.2) is 58.3 Å². The average molecular weight is 470 g/mol. The van der Waals surface area contributed by atoms with Gasteiger partial charge in [0, 0.05) is 41.3 Å². The molecular formula is C12H10CuN2O10S2. The Balaban J connectivity index is 0.000000483. The Morgan fingerprint density at radius 1 is 0.630 bits per heavy atom. The molecule has 0 unspecified atom stereocenters. The van der Waals surface area contributed by atoms with Crippen LogP contribution in [0.2, 0.25) is 0 Å². The molecule has 1 radical (unpaired) electrons. The molecule has 0 amide bonds. The molecule has 0 aliphatic rings. The molecule has 0 aliphatic heterocycles. The zero-order chi connectivity index (χ0) is 20.1. The van der Waals surface area contributed by atoms with Gasteiger partial charge in [-0.3, -0.25) is 29.3 Å². The largest absolute Gasteiger partial charge is 0.294 e. The fraction of sp³-hybridized carbons (Fsp3) is 0. The van der Waals surface area contributed by atoms with Gasteiger partial charge in [-0.1, -0.05) is 0 Å². The van der Waals surface area contributed by atoms with E-state index in [1.54, 1.807) is 0 Å². The zero-order valence-electron chi connectivity index (χ0n) is 12.8. The van der Waals surface area contributed by atoms with Crippen LogP contribution in [0.4, 0.5) is 11.4 Å². The molecule has 0 saturated heterocycles. The topological polar surface area (TPSA) is 195 Å². The molecule has 151 valence electrons. The first-order valence-electron chi connectivity index (χ1n) is 6.26. The maximum Gasteiger partial charge on any atom is 0.294 e. The summed E-state index contributed by atoms with van der Waals surface area (Å²) in [6.07, 6.45) is 0. The number of nitro groups is 2. The second-order valence-electron chi connectivity index (χ2n) is 4.45. The van der Waals surface area contributed by atoms with Crippen LogP contribution in [0.3, 0.4) is 0 Å². The van der Waals surface area contributed by atoms with E-state index in [2.05, 4.69) is 0 Å². The van der Waals surface area contributed by atoms with Gasteiger partial charge in [0.2, 0.25) is 0 Å². The van der Waals surface area contributed by atoms with Crippen LogP contribution in [0.25, 0.3) is 0 Å². The summed E-state index contributed by atoms with van der Waals surface area (Å²) in [6, 6.07) is 7.88. The summed E-state index contributed by atoms with van der Waals surface area (Å²) < 4.78 is 59.0. The molecule has 0 bridgehead atoms. The number of nitrogens with zero attached hydrogens (tertiary/aromatic N) is 2. The van der Waals surface area contributed by atoms with E-state index in [1.807, 2.05) is 0 Å². The third-order valence-corrected chi connectivity index (χ3v) is 4.43. The Morgan fingerprint density at radius 2 is 0.852 bits per heavy atom. The van der Waals surface area contributed by atoms with Crippen molar-refractivity contribution in [3.05, 3.63) is 68.8 Å². The van der Waals surface area contributed by atoms with Crippen molar-refractivity contribution < 1.29 is 52.9 Å². The first-order chi connectivity index (χ1) is 11.8. The van der Waals surface area contributed by atoms with Gasteiger partial charge in [-0.2, -0.15) is 16.8 Å². The standard InChI is InChI=1S/2C6H5NO5S.Cu/c2*8-7(9)5-1-3-6(4-2-5)13(10,11)12;/h2*1-4H,(H,10,11,12);. The van der Waals surface area contributed by atoms with Gasteiger partial charge in [0.05, 0.1) is 19.6 Å². The monoisotopic (exact) mass is 469 g/mol. The van der Waals surface area contributed by atoms with Crippen LogP contribution < -0.4 is 0 Å². The van der Waals surface area contributed by atoms with Gasteiger partial charge in [0.25, 0.3) is 31.6 Å². The summed E-state index contributed by atoms with van der Waals surface area (Å²) in [5.74, 6) is 0. The smallest absolute Gasteiger partial charge is 0.282 e. The predicted octanol–water partition coefficient (Wildman–Crippen LogP) is 1.68. The van der Waals surface area contributed by atoms with Crippen LogP contribution >= 0.6 is 0 Å². The summed E-state index contributed by atoms with van der Waals surface area (Å²) in [4.78, 5) is 18.3. The molecule has 0 fully saturated rings. The molecule has 27 heavy (non-hydrogen) atoms. The normalized spacial score (nSPS) is 10.7. The summed E-state index contributed by atoms with van der Waals surface area (Å²) in [5.41, 5.74) is -0.459. The van der Waals surface area contributed by atoms with Gasteiger partial charge in [-0.15, -0.1) is 0 Å². The van der Waals surface area contributed by atoms with Crippen molar-refractivity contribution >= 4 is 31.6 Å². The van der Waals surface area contributed by atoms with E-state index in [1.165, 1.54) is 0 Å². The van der Waals surface area contributed by atoms with Crippen LogP contribution in [0.5, 0.6) is 0 Å². The van der Waals surface area contributed by atoms with Gasteiger partial charge in [0.15, 0.2) is 0 Å². The zero-order valence-corrected chi connectivity index (χ0v) is 15.4. The molecule has 0 saturated carbocycles. The molecule has 2 rings (SSSR count). The average Bonchev–Trinajstić information content (AvgIpc) is 2.54. The van der Waals surface area contributed by atoms with Crippen molar-refractivity contribution in [2.45, 2.75) is 9.79 Å². The Kier molecular flexibility index (Phi) is 8.65. The van der Waals surface area contributed by atoms with Crippen LogP contribution in [0, 0.1) is 20.2 Å². The number of nitro benzene ring substituents is 2. The third kappa shape index (κ3) is 7.78. The molecule has 15 heteroatoms. The second kappa shape index (κ2) is 9.50. The molecule has 0 heterocycles. The van der Waals surface area contributed by atoms with Crippen molar-refractivity contribution in [1.29, 1.82) is 0 Å². The third-order valence-electron chi connectivity index (χ3n) is 2.69. The SMILES string of the molecule is O=[N+]([O-])c1ccc(S(=O)(=O)O)cc1.O=[N+]([O-])c1ccc(S(=O)(=O)O)cc1.[Cu]. The molecule has 2 N–H and O–H groups in total. The van der Waals surface area contributed by atoms with Crippen LogP contribution in [-0.4, -0.2) is 35.8 Å². The van der Waals surface area contributed by atoms with E-state index in [-0.39, 0.29) is 38.2 Å². The van der Waals surface area contributed by atoms with Gasteiger partial charge < -0.3 is 0 Å². The predicted molar refractivity (Wildman–Crippen MR) is 85.8 cm³/mol. The van der Waals surface area contributed by atoms with Crippen LogP contribution in [0.1, 0.15) is 0 Å². The van der Waals surface area contributed by atoms with Crippen molar-refractivity contribution in [2.75, 3.05) is 0 Å². The minimum atomic E-state index is -4.27. The van der Waals surface area contributed by atoms with E-state index in [0.29, 0.717) is 0 Å². The number of non-ortho nitro benzene ring substituents is 2. The van der Waals surface area contributed by atoms with E-state index >= 15 is 0 Å². The minimum Gasteiger partial charge on any atom is -0.282 e. The summed E-state index contributed by atoms with van der Waals surface area (Å²) in [7, 11) is -8.54. The van der Waals surface area contributed by atoms with Crippen molar-refractivity contribution in [2.24, 2.45) is 0 Å². The number of hydrogen-bond acceptors (Lipinski definition) is 8. The van der Waals surface area contributed by atoms with Gasteiger partial charge >= 0.3 is 0 Å². The van der Waals surface area contributed by atoms with E-state index in [0.717, 1.165) is 48.5 Å². The molecule has 0 atom stereocenters. The number of benzene rings is 2. The van der Waals surface area contributed by atoms with Crippen molar-refractivity contribution in [3.63, 3.8) is 0 Å². The second-order valence-corrected chi connectivity index (χ2v) is 7.30. The van der Waals surface area contributed by atoms with E-state index in [9.17, 15) is 37.1 Å². The summed E-state index contributed by atoms with van der Waals surface area (Å²) in [6.45, 7) is 0. The fourth-order valence-corrected chi connectivity index (χ4v) is 2.44. The Morgan fingerprint density at radius 3 is 1.00 bits per heavy atom. The first-order valence-corrected chi connectivity index (χ1v) is 9.14. The number of hydrogen-bond donors (Lipinski definition) is 2. The van der Waals surface area contributed by atoms with Crippen LogP contribution in [-0.2, 0) is 37.3 Å². The molecule has 2 aromatic rings. The van der Waals surface area contributed by atoms with Gasteiger partial charge in [0.1, 0.15) is 0 Å². The minimum absolute atomic E-state index is 0. The fourth-order valence-electron chi connectivity index (χ4n) is 1.48. The van der Waals surface area contributed by atoms with Crippen molar-refractivity contribution in [1.82, 2.24) is 0 Å². The van der Waals surface area contributed by atoms with Crippen molar-refractivity contribution in [3.8, 4) is 0 Å². The summed E-state index contributed by atoms with van der Waals surface area (Å²) in [5, 5.41) is 20.3. The molecule has 0 aliphatic carbocycles. The van der Waals surface area contributed by atoms with Gasteiger partial charge in [-0.25, -0.2) is 0 Å². The summed E-state index contributed by atoms with van der Waals surface area (Å²) >= 11 is 0.